The van der Waals surface area contributed by atoms with Crippen molar-refractivity contribution in [2.45, 2.75) is 20.3 Å². The van der Waals surface area contributed by atoms with E-state index in [1.54, 1.807) is 0 Å². The van der Waals surface area contributed by atoms with Crippen LogP contribution in [0, 0.1) is 11.3 Å². The average molecular weight is 267 g/mol. The Morgan fingerprint density at radius 3 is 2.05 bits per heavy atom. The van der Waals surface area contributed by atoms with Crippen LogP contribution in [0.25, 0.3) is 11.1 Å². The highest BCUT2D eigenvalue weighted by molar-refractivity contribution is 5.78. The van der Waals surface area contributed by atoms with Gasteiger partial charge in [0.05, 0.1) is 6.61 Å². The fourth-order valence-electron chi connectivity index (χ4n) is 1.87. The van der Waals surface area contributed by atoms with E-state index in [-0.39, 0.29) is 0 Å². The van der Waals surface area contributed by atoms with Gasteiger partial charge in [-0.3, -0.25) is 0 Å². The molecule has 2 rings (SSSR count). The molecule has 104 valence electrons. The normalized spacial score (nSPS) is 11.9. The van der Waals surface area contributed by atoms with Crippen LogP contribution in [0.15, 0.2) is 48.5 Å². The van der Waals surface area contributed by atoms with E-state index in [1.165, 1.54) is 6.21 Å². The van der Waals surface area contributed by atoms with E-state index >= 15 is 0 Å². The van der Waals surface area contributed by atoms with E-state index in [9.17, 15) is 0 Å². The largest absolute Gasteiger partial charge is 0.493 e. The predicted octanol–water partition coefficient (Wildman–Crippen LogP) is 4.78. The van der Waals surface area contributed by atoms with Crippen molar-refractivity contribution in [2.75, 3.05) is 6.61 Å². The third kappa shape index (κ3) is 3.70. The van der Waals surface area contributed by atoms with Crippen molar-refractivity contribution in [3.63, 3.8) is 0 Å². The first-order valence-electron chi connectivity index (χ1n) is 7.06. The summed E-state index contributed by atoms with van der Waals surface area (Å²) < 4.78 is 5.76. The van der Waals surface area contributed by atoms with Crippen LogP contribution in [-0.4, -0.2) is 12.8 Å². The molecule has 0 spiro atoms. The molecule has 0 aliphatic rings. The molecule has 20 heavy (non-hydrogen) atoms. The molecule has 2 nitrogen and oxygen atoms in total. The number of benzene rings is 2. The van der Waals surface area contributed by atoms with Crippen LogP contribution in [0.5, 0.6) is 5.75 Å². The topological polar surface area (TPSA) is 33.1 Å². The first kappa shape index (κ1) is 14.3. The van der Waals surface area contributed by atoms with E-state index in [0.717, 1.165) is 35.5 Å². The van der Waals surface area contributed by atoms with Crippen molar-refractivity contribution in [3.8, 4) is 16.9 Å². The molecule has 0 fully saturated rings. The maximum atomic E-state index is 7.20. The van der Waals surface area contributed by atoms with Crippen LogP contribution in [0.4, 0.5) is 0 Å². The van der Waals surface area contributed by atoms with Crippen molar-refractivity contribution in [3.05, 3.63) is 54.1 Å². The molecule has 0 saturated heterocycles. The van der Waals surface area contributed by atoms with Crippen molar-refractivity contribution in [2.24, 2.45) is 5.92 Å². The Bertz CT molecular complexity index is 543. The maximum Gasteiger partial charge on any atom is 0.119 e. The van der Waals surface area contributed by atoms with Gasteiger partial charge in [0.25, 0.3) is 0 Å². The van der Waals surface area contributed by atoms with E-state index < -0.39 is 0 Å². The van der Waals surface area contributed by atoms with Crippen molar-refractivity contribution >= 4 is 6.21 Å². The second-order valence-corrected chi connectivity index (χ2v) is 5.12. The number of hydrogen-bond donors (Lipinski definition) is 1. The zero-order valence-corrected chi connectivity index (χ0v) is 12.1. The lowest BCUT2D eigenvalue weighted by atomic mass is 10.0. The van der Waals surface area contributed by atoms with Crippen LogP contribution in [0.3, 0.4) is 0 Å². The van der Waals surface area contributed by atoms with Gasteiger partial charge in [0.2, 0.25) is 0 Å². The SMILES string of the molecule is CCC(C)COc1ccc(-c2ccc(C=N)cc2)cc1. The fraction of sp³-hybridized carbons (Fsp3) is 0.278. The van der Waals surface area contributed by atoms with E-state index in [1.807, 2.05) is 36.4 Å². The Morgan fingerprint density at radius 1 is 1.00 bits per heavy atom. The van der Waals surface area contributed by atoms with Gasteiger partial charge in [-0.2, -0.15) is 0 Å². The highest BCUT2D eigenvalue weighted by atomic mass is 16.5. The van der Waals surface area contributed by atoms with Gasteiger partial charge in [-0.05, 0) is 34.7 Å². The summed E-state index contributed by atoms with van der Waals surface area (Å²) in [5, 5.41) is 7.20. The lowest BCUT2D eigenvalue weighted by Gasteiger charge is -2.11. The number of rotatable bonds is 6. The number of nitrogens with one attached hydrogen (secondary N) is 1. The molecule has 0 saturated carbocycles. The Hall–Kier alpha value is -2.09. The number of ether oxygens (including phenoxy) is 1. The van der Waals surface area contributed by atoms with Gasteiger partial charge in [-0.25, -0.2) is 0 Å². The molecule has 2 aromatic rings. The number of hydrogen-bond acceptors (Lipinski definition) is 2. The van der Waals surface area contributed by atoms with Gasteiger partial charge in [-0.15, -0.1) is 0 Å². The molecule has 1 unspecified atom stereocenters. The molecule has 0 aromatic heterocycles. The van der Waals surface area contributed by atoms with Crippen molar-refractivity contribution < 1.29 is 4.74 Å². The van der Waals surface area contributed by atoms with Gasteiger partial charge < -0.3 is 10.1 Å². The van der Waals surface area contributed by atoms with Crippen molar-refractivity contribution in [1.82, 2.24) is 0 Å². The summed E-state index contributed by atoms with van der Waals surface area (Å²) in [6.45, 7) is 5.14. The lowest BCUT2D eigenvalue weighted by Crippen LogP contribution is -2.06. The van der Waals surface area contributed by atoms with Crippen molar-refractivity contribution in [1.29, 1.82) is 5.41 Å². The van der Waals surface area contributed by atoms with Crippen LogP contribution in [-0.2, 0) is 0 Å². The van der Waals surface area contributed by atoms with E-state index in [4.69, 9.17) is 10.1 Å². The van der Waals surface area contributed by atoms with Crippen LogP contribution in [0.1, 0.15) is 25.8 Å². The Labute approximate surface area is 120 Å². The zero-order valence-electron chi connectivity index (χ0n) is 12.1. The first-order valence-corrected chi connectivity index (χ1v) is 7.06. The standard InChI is InChI=1S/C18H21NO/c1-3-14(2)13-20-18-10-8-17(9-11-18)16-6-4-15(12-19)5-7-16/h4-12,14,19H,3,13H2,1-2H3. The van der Waals surface area contributed by atoms with Gasteiger partial charge in [0.15, 0.2) is 0 Å². The van der Waals surface area contributed by atoms with Gasteiger partial charge >= 0.3 is 0 Å². The predicted molar refractivity (Wildman–Crippen MR) is 84.7 cm³/mol. The Kier molecular flexibility index (Phi) is 4.94. The van der Waals surface area contributed by atoms with Crippen LogP contribution < -0.4 is 4.74 Å². The fourth-order valence-corrected chi connectivity index (χ4v) is 1.87. The zero-order chi connectivity index (χ0) is 14.4. The summed E-state index contributed by atoms with van der Waals surface area (Å²) in [6.07, 6.45) is 2.49. The van der Waals surface area contributed by atoms with Gasteiger partial charge in [0.1, 0.15) is 5.75 Å². The molecule has 2 heteroatoms. The molecule has 0 amide bonds. The molecular formula is C18H21NO. The van der Waals surface area contributed by atoms with Gasteiger partial charge in [0, 0.05) is 6.21 Å². The molecule has 0 heterocycles. The van der Waals surface area contributed by atoms with E-state index in [2.05, 4.69) is 26.0 Å². The first-order chi connectivity index (χ1) is 9.72. The summed E-state index contributed by atoms with van der Waals surface area (Å²) >= 11 is 0. The summed E-state index contributed by atoms with van der Waals surface area (Å²) in [6, 6.07) is 16.2. The molecule has 0 aliphatic carbocycles. The third-order valence-electron chi connectivity index (χ3n) is 3.50. The molecule has 0 bridgehead atoms. The van der Waals surface area contributed by atoms with Crippen LogP contribution >= 0.6 is 0 Å². The minimum absolute atomic E-state index is 0.586. The average Bonchev–Trinajstić information content (AvgIpc) is 2.53. The minimum Gasteiger partial charge on any atom is -0.493 e. The lowest BCUT2D eigenvalue weighted by molar-refractivity contribution is 0.256. The molecule has 1 N–H and O–H groups in total. The highest BCUT2D eigenvalue weighted by Gasteiger charge is 2.02. The Balaban J connectivity index is 2.05. The molecule has 2 aromatic carbocycles. The molecular weight excluding hydrogens is 246 g/mol. The second kappa shape index (κ2) is 6.90. The maximum absolute atomic E-state index is 7.20. The van der Waals surface area contributed by atoms with E-state index in [0.29, 0.717) is 5.92 Å². The smallest absolute Gasteiger partial charge is 0.119 e. The molecule has 0 aliphatic heterocycles. The molecule has 0 radical (unpaired) electrons. The monoisotopic (exact) mass is 267 g/mol. The summed E-state index contributed by atoms with van der Waals surface area (Å²) in [5.74, 6) is 1.51. The summed E-state index contributed by atoms with van der Waals surface area (Å²) in [7, 11) is 0. The quantitative estimate of drug-likeness (QED) is 0.751. The molecule has 1 atom stereocenters. The second-order valence-electron chi connectivity index (χ2n) is 5.12. The Morgan fingerprint density at radius 2 is 1.55 bits per heavy atom. The minimum atomic E-state index is 0.586. The highest BCUT2D eigenvalue weighted by Crippen LogP contribution is 2.23. The van der Waals surface area contributed by atoms with Crippen LogP contribution in [0.2, 0.25) is 0 Å². The third-order valence-corrected chi connectivity index (χ3v) is 3.50. The van der Waals surface area contributed by atoms with Gasteiger partial charge in [-0.1, -0.05) is 56.7 Å². The summed E-state index contributed by atoms with van der Waals surface area (Å²) in [4.78, 5) is 0. The summed E-state index contributed by atoms with van der Waals surface area (Å²) in [5.41, 5.74) is 3.24.